The molecule has 0 aliphatic carbocycles. The monoisotopic (exact) mass is 250 g/mol. The smallest absolute Gasteiger partial charge is 0.226 e. The van der Waals surface area contributed by atoms with E-state index < -0.39 is 0 Å². The summed E-state index contributed by atoms with van der Waals surface area (Å²) >= 11 is 0. The van der Waals surface area contributed by atoms with Crippen molar-refractivity contribution in [3.63, 3.8) is 0 Å². The molecule has 4 nitrogen and oxygen atoms in total. The van der Waals surface area contributed by atoms with Crippen LogP contribution >= 0.6 is 0 Å². The number of rotatable bonds is 6. The number of carbonyl (C=O) groups is 1. The molecular weight excluding hydrogens is 228 g/mol. The van der Waals surface area contributed by atoms with Gasteiger partial charge in [-0.2, -0.15) is 0 Å². The lowest BCUT2D eigenvalue weighted by Crippen LogP contribution is -2.35. The molecule has 0 aromatic heterocycles. The molecule has 100 valence electrons. The van der Waals surface area contributed by atoms with Crippen molar-refractivity contribution in [3.8, 4) is 5.75 Å². The van der Waals surface area contributed by atoms with Crippen LogP contribution in [0.2, 0.25) is 0 Å². The summed E-state index contributed by atoms with van der Waals surface area (Å²) in [6.07, 6.45) is 0. The average Bonchev–Trinajstić information content (AvgIpc) is 2.39. The molecule has 0 bridgehead atoms. The van der Waals surface area contributed by atoms with Crippen molar-refractivity contribution in [1.82, 2.24) is 10.2 Å². The third-order valence-electron chi connectivity index (χ3n) is 2.89. The van der Waals surface area contributed by atoms with E-state index in [4.69, 9.17) is 4.74 Å². The zero-order valence-corrected chi connectivity index (χ0v) is 11.6. The Morgan fingerprint density at radius 1 is 1.39 bits per heavy atom. The number of ether oxygens (including phenoxy) is 1. The molecule has 0 aliphatic rings. The molecule has 4 heteroatoms. The van der Waals surface area contributed by atoms with Gasteiger partial charge in [-0.05, 0) is 24.7 Å². The van der Waals surface area contributed by atoms with Gasteiger partial charge in [-0.25, -0.2) is 0 Å². The van der Waals surface area contributed by atoms with E-state index in [1.807, 2.05) is 45.3 Å². The van der Waals surface area contributed by atoms with Gasteiger partial charge < -0.3 is 15.0 Å². The Morgan fingerprint density at radius 2 is 2.00 bits per heavy atom. The first-order valence-corrected chi connectivity index (χ1v) is 6.11. The molecule has 0 fully saturated rings. The van der Waals surface area contributed by atoms with Crippen molar-refractivity contribution in [2.24, 2.45) is 5.92 Å². The van der Waals surface area contributed by atoms with Crippen LogP contribution in [-0.2, 0) is 11.3 Å². The van der Waals surface area contributed by atoms with Crippen LogP contribution in [0.4, 0.5) is 0 Å². The van der Waals surface area contributed by atoms with E-state index in [1.165, 1.54) is 0 Å². The third kappa shape index (κ3) is 4.04. The summed E-state index contributed by atoms with van der Waals surface area (Å²) < 4.78 is 5.10. The molecule has 0 aliphatic heterocycles. The van der Waals surface area contributed by atoms with Crippen molar-refractivity contribution in [1.29, 1.82) is 0 Å². The summed E-state index contributed by atoms with van der Waals surface area (Å²) in [7, 11) is 5.33. The van der Waals surface area contributed by atoms with E-state index in [0.717, 1.165) is 11.3 Å². The minimum atomic E-state index is -0.00162. The van der Waals surface area contributed by atoms with Crippen LogP contribution in [0.15, 0.2) is 24.3 Å². The molecule has 18 heavy (non-hydrogen) atoms. The number of hydrogen-bond acceptors (Lipinski definition) is 3. The molecule has 1 amide bonds. The first-order chi connectivity index (χ1) is 8.58. The second-order valence-corrected chi connectivity index (χ2v) is 4.50. The van der Waals surface area contributed by atoms with Gasteiger partial charge in [0.1, 0.15) is 5.75 Å². The molecule has 0 heterocycles. The van der Waals surface area contributed by atoms with Crippen LogP contribution in [0.1, 0.15) is 12.5 Å². The summed E-state index contributed by atoms with van der Waals surface area (Å²) in [4.78, 5) is 13.8. The Morgan fingerprint density at radius 3 is 2.50 bits per heavy atom. The Hall–Kier alpha value is -1.55. The number of benzene rings is 1. The van der Waals surface area contributed by atoms with Crippen molar-refractivity contribution in [2.45, 2.75) is 13.5 Å². The number of amides is 1. The minimum absolute atomic E-state index is 0.00162. The van der Waals surface area contributed by atoms with Crippen molar-refractivity contribution >= 4 is 5.91 Å². The average molecular weight is 250 g/mol. The van der Waals surface area contributed by atoms with Crippen LogP contribution < -0.4 is 10.1 Å². The van der Waals surface area contributed by atoms with E-state index >= 15 is 0 Å². The maximum Gasteiger partial charge on any atom is 0.226 e. The van der Waals surface area contributed by atoms with Gasteiger partial charge in [0.25, 0.3) is 0 Å². The minimum Gasteiger partial charge on any atom is -0.497 e. The zero-order chi connectivity index (χ0) is 13.5. The van der Waals surface area contributed by atoms with Crippen LogP contribution in [0.5, 0.6) is 5.75 Å². The van der Waals surface area contributed by atoms with E-state index in [1.54, 1.807) is 12.0 Å². The largest absolute Gasteiger partial charge is 0.497 e. The molecular formula is C14H22N2O2. The third-order valence-corrected chi connectivity index (χ3v) is 2.89. The fourth-order valence-corrected chi connectivity index (χ4v) is 1.85. The fourth-order valence-electron chi connectivity index (χ4n) is 1.85. The number of nitrogens with one attached hydrogen (secondary N) is 1. The number of hydrogen-bond donors (Lipinski definition) is 1. The normalized spacial score (nSPS) is 12.0. The Balaban J connectivity index is 2.57. The van der Waals surface area contributed by atoms with Gasteiger partial charge >= 0.3 is 0 Å². The van der Waals surface area contributed by atoms with Gasteiger partial charge in [-0.3, -0.25) is 4.79 Å². The molecule has 0 spiro atoms. The lowest BCUT2D eigenvalue weighted by atomic mass is 10.1. The second-order valence-electron chi connectivity index (χ2n) is 4.50. The molecule has 1 aromatic rings. The van der Waals surface area contributed by atoms with E-state index in [0.29, 0.717) is 13.1 Å². The van der Waals surface area contributed by atoms with Gasteiger partial charge in [-0.1, -0.05) is 19.1 Å². The highest BCUT2D eigenvalue weighted by atomic mass is 16.5. The highest BCUT2D eigenvalue weighted by Crippen LogP contribution is 2.13. The summed E-state index contributed by atoms with van der Waals surface area (Å²) in [6.45, 7) is 3.26. The SMILES string of the molecule is CNCC(C)C(=O)N(C)Cc1ccc(OC)cc1. The van der Waals surface area contributed by atoms with Gasteiger partial charge in [0.15, 0.2) is 0 Å². The zero-order valence-electron chi connectivity index (χ0n) is 11.6. The number of carbonyl (C=O) groups excluding carboxylic acids is 1. The van der Waals surface area contributed by atoms with E-state index in [9.17, 15) is 4.79 Å². The predicted molar refractivity (Wildman–Crippen MR) is 72.6 cm³/mol. The quantitative estimate of drug-likeness (QED) is 0.832. The second kappa shape index (κ2) is 7.01. The lowest BCUT2D eigenvalue weighted by molar-refractivity contribution is -0.134. The highest BCUT2D eigenvalue weighted by Gasteiger charge is 2.16. The highest BCUT2D eigenvalue weighted by molar-refractivity contribution is 5.78. The molecule has 1 unspecified atom stereocenters. The molecule has 1 rings (SSSR count). The van der Waals surface area contributed by atoms with Gasteiger partial charge in [0.05, 0.1) is 7.11 Å². The Bertz CT molecular complexity index is 376. The number of methoxy groups -OCH3 is 1. The molecule has 0 saturated carbocycles. The van der Waals surface area contributed by atoms with E-state index in [2.05, 4.69) is 5.32 Å². The topological polar surface area (TPSA) is 41.6 Å². The Labute approximate surface area is 109 Å². The van der Waals surface area contributed by atoms with Gasteiger partial charge in [0.2, 0.25) is 5.91 Å². The summed E-state index contributed by atoms with van der Waals surface area (Å²) in [5, 5.41) is 3.02. The molecule has 1 N–H and O–H groups in total. The molecule has 1 atom stereocenters. The molecule has 1 aromatic carbocycles. The first kappa shape index (κ1) is 14.5. The predicted octanol–water partition coefficient (Wildman–Crippen LogP) is 1.51. The molecule has 0 saturated heterocycles. The summed E-state index contributed by atoms with van der Waals surface area (Å²) in [6, 6.07) is 7.77. The van der Waals surface area contributed by atoms with Crippen LogP contribution in [0.25, 0.3) is 0 Å². The summed E-state index contributed by atoms with van der Waals surface area (Å²) in [5.41, 5.74) is 1.10. The number of nitrogens with zero attached hydrogens (tertiary/aromatic N) is 1. The van der Waals surface area contributed by atoms with Crippen LogP contribution in [0, 0.1) is 5.92 Å². The standard InChI is InChI=1S/C14H22N2O2/c1-11(9-15-2)14(17)16(3)10-12-5-7-13(18-4)8-6-12/h5-8,11,15H,9-10H2,1-4H3. The van der Waals surface area contributed by atoms with E-state index in [-0.39, 0.29) is 11.8 Å². The van der Waals surface area contributed by atoms with Crippen molar-refractivity contribution in [2.75, 3.05) is 27.7 Å². The fraction of sp³-hybridized carbons (Fsp3) is 0.500. The van der Waals surface area contributed by atoms with Crippen molar-refractivity contribution < 1.29 is 9.53 Å². The van der Waals surface area contributed by atoms with Crippen LogP contribution in [0.3, 0.4) is 0 Å². The van der Waals surface area contributed by atoms with Gasteiger partial charge in [-0.15, -0.1) is 0 Å². The molecule has 0 radical (unpaired) electrons. The maximum atomic E-state index is 12.0. The van der Waals surface area contributed by atoms with Gasteiger partial charge in [0, 0.05) is 26.1 Å². The van der Waals surface area contributed by atoms with Crippen molar-refractivity contribution in [3.05, 3.63) is 29.8 Å². The maximum absolute atomic E-state index is 12.0. The Kier molecular flexibility index (Phi) is 5.65. The lowest BCUT2D eigenvalue weighted by Gasteiger charge is -2.21. The first-order valence-electron chi connectivity index (χ1n) is 6.11. The van der Waals surface area contributed by atoms with Crippen LogP contribution in [-0.4, -0.2) is 38.6 Å². The summed E-state index contributed by atoms with van der Waals surface area (Å²) in [5.74, 6) is 0.981.